The van der Waals surface area contributed by atoms with Gasteiger partial charge in [-0.3, -0.25) is 14.5 Å². The van der Waals surface area contributed by atoms with Gasteiger partial charge in [0, 0.05) is 24.2 Å². The molecule has 0 aromatic heterocycles. The molecule has 2 atom stereocenters. The molecule has 2 bridgehead atoms. The number of carbonyl (C=O) groups excluding carboxylic acids is 3. The van der Waals surface area contributed by atoms with Gasteiger partial charge in [-0.05, 0) is 43.5 Å². The SMILES string of the molecule is O=C1CNC(=O)N1Cc1ccc(C(=O)N2C3CCNCC2CC3)cc1. The van der Waals surface area contributed by atoms with E-state index in [1.54, 1.807) is 12.1 Å². The molecule has 1 aromatic rings. The Morgan fingerprint density at radius 2 is 1.84 bits per heavy atom. The summed E-state index contributed by atoms with van der Waals surface area (Å²) in [7, 11) is 0. The van der Waals surface area contributed by atoms with Crippen LogP contribution in [0, 0.1) is 0 Å². The summed E-state index contributed by atoms with van der Waals surface area (Å²) in [5.41, 5.74) is 1.50. The Balaban J connectivity index is 1.47. The lowest BCUT2D eigenvalue weighted by atomic mass is 10.1. The maximum absolute atomic E-state index is 12.9. The van der Waals surface area contributed by atoms with Gasteiger partial charge in [0.05, 0.1) is 13.1 Å². The van der Waals surface area contributed by atoms with Gasteiger partial charge in [-0.25, -0.2) is 4.79 Å². The highest BCUT2D eigenvalue weighted by atomic mass is 16.2. The minimum Gasteiger partial charge on any atom is -0.331 e. The molecule has 0 spiro atoms. The van der Waals surface area contributed by atoms with Crippen LogP contribution in [0.5, 0.6) is 0 Å². The van der Waals surface area contributed by atoms with Crippen molar-refractivity contribution in [2.75, 3.05) is 19.6 Å². The largest absolute Gasteiger partial charge is 0.331 e. The number of nitrogens with zero attached hydrogens (tertiary/aromatic N) is 2. The molecule has 1 aromatic carbocycles. The van der Waals surface area contributed by atoms with E-state index < -0.39 is 0 Å². The third-order valence-electron chi connectivity index (χ3n) is 5.37. The van der Waals surface area contributed by atoms with Crippen LogP contribution >= 0.6 is 0 Å². The topological polar surface area (TPSA) is 81.8 Å². The molecule has 4 amide bonds. The van der Waals surface area contributed by atoms with E-state index in [-0.39, 0.29) is 37.0 Å². The second-order valence-electron chi connectivity index (χ2n) is 6.93. The molecule has 2 unspecified atom stereocenters. The summed E-state index contributed by atoms with van der Waals surface area (Å²) in [6.45, 7) is 2.13. The first-order chi connectivity index (χ1) is 12.1. The van der Waals surface area contributed by atoms with Gasteiger partial charge in [0.1, 0.15) is 0 Å². The van der Waals surface area contributed by atoms with Crippen molar-refractivity contribution in [3.8, 4) is 0 Å². The quantitative estimate of drug-likeness (QED) is 0.793. The molecule has 0 radical (unpaired) electrons. The molecule has 4 rings (SSSR count). The van der Waals surface area contributed by atoms with Crippen molar-refractivity contribution >= 4 is 17.8 Å². The van der Waals surface area contributed by atoms with Crippen LogP contribution in [0.4, 0.5) is 4.79 Å². The highest BCUT2D eigenvalue weighted by molar-refractivity contribution is 6.01. The van der Waals surface area contributed by atoms with Crippen LogP contribution in [0.15, 0.2) is 24.3 Å². The van der Waals surface area contributed by atoms with Crippen LogP contribution in [0.1, 0.15) is 35.2 Å². The number of amides is 4. The van der Waals surface area contributed by atoms with Gasteiger partial charge in [0.2, 0.25) is 5.91 Å². The van der Waals surface area contributed by atoms with Crippen molar-refractivity contribution in [3.05, 3.63) is 35.4 Å². The van der Waals surface area contributed by atoms with Crippen LogP contribution in [0.2, 0.25) is 0 Å². The van der Waals surface area contributed by atoms with Gasteiger partial charge in [-0.15, -0.1) is 0 Å². The van der Waals surface area contributed by atoms with Crippen molar-refractivity contribution in [2.45, 2.75) is 37.9 Å². The number of rotatable bonds is 3. The number of carbonyl (C=O) groups is 3. The summed E-state index contributed by atoms with van der Waals surface area (Å²) in [5.74, 6) is -0.142. The smallest absolute Gasteiger partial charge is 0.324 e. The van der Waals surface area contributed by atoms with Crippen LogP contribution in [-0.2, 0) is 11.3 Å². The van der Waals surface area contributed by atoms with E-state index in [1.165, 1.54) is 4.90 Å². The van der Waals surface area contributed by atoms with E-state index in [2.05, 4.69) is 10.6 Å². The van der Waals surface area contributed by atoms with E-state index in [0.29, 0.717) is 11.6 Å². The number of imide groups is 1. The first-order valence-corrected chi connectivity index (χ1v) is 8.84. The molecule has 7 heteroatoms. The third-order valence-corrected chi connectivity index (χ3v) is 5.37. The zero-order valence-corrected chi connectivity index (χ0v) is 14.0. The zero-order valence-electron chi connectivity index (χ0n) is 14.0. The average Bonchev–Trinajstić information content (AvgIpc) is 3.06. The molecular weight excluding hydrogens is 320 g/mol. The molecule has 0 aliphatic carbocycles. The third kappa shape index (κ3) is 3.00. The maximum atomic E-state index is 12.9. The predicted octanol–water partition coefficient (Wildman–Crippen LogP) is 0.705. The second-order valence-corrected chi connectivity index (χ2v) is 6.93. The molecule has 132 valence electrons. The van der Waals surface area contributed by atoms with Crippen LogP contribution in [0.25, 0.3) is 0 Å². The number of fused-ring (bicyclic) bond motifs is 2. The average molecular weight is 342 g/mol. The lowest BCUT2D eigenvalue weighted by Crippen LogP contribution is -2.42. The fourth-order valence-electron chi connectivity index (χ4n) is 4.01. The number of hydrogen-bond donors (Lipinski definition) is 2. The summed E-state index contributed by atoms with van der Waals surface area (Å²) in [6.07, 6.45) is 3.16. The summed E-state index contributed by atoms with van der Waals surface area (Å²) < 4.78 is 0. The fraction of sp³-hybridized carbons (Fsp3) is 0.500. The van der Waals surface area contributed by atoms with E-state index in [1.807, 2.05) is 17.0 Å². The van der Waals surface area contributed by atoms with Gasteiger partial charge in [0.15, 0.2) is 0 Å². The standard InChI is InChI=1S/C18H22N4O3/c23-16-10-20-18(25)21(16)11-12-1-3-13(4-2-12)17(24)22-14-5-6-15(22)9-19-8-7-14/h1-4,14-15,19H,5-11H2,(H,20,25). The fourth-order valence-corrected chi connectivity index (χ4v) is 4.01. The Bertz CT molecular complexity index is 673. The first-order valence-electron chi connectivity index (χ1n) is 8.84. The Kier molecular flexibility index (Phi) is 4.17. The molecule has 0 saturated carbocycles. The first kappa shape index (κ1) is 16.1. The highest BCUT2D eigenvalue weighted by Crippen LogP contribution is 2.29. The molecule has 3 aliphatic rings. The molecule has 3 heterocycles. The van der Waals surface area contributed by atoms with E-state index >= 15 is 0 Å². The Labute approximate surface area is 146 Å². The summed E-state index contributed by atoms with van der Waals surface area (Å²) >= 11 is 0. The van der Waals surface area contributed by atoms with Gasteiger partial charge in [-0.2, -0.15) is 0 Å². The van der Waals surface area contributed by atoms with Crippen molar-refractivity contribution in [1.29, 1.82) is 0 Å². The summed E-state index contributed by atoms with van der Waals surface area (Å²) in [6, 6.07) is 7.50. The number of hydrogen-bond acceptors (Lipinski definition) is 4. The summed E-state index contributed by atoms with van der Waals surface area (Å²) in [4.78, 5) is 39.5. The summed E-state index contributed by atoms with van der Waals surface area (Å²) in [5, 5.41) is 5.91. The zero-order chi connectivity index (χ0) is 17.4. The van der Waals surface area contributed by atoms with Crippen molar-refractivity contribution in [1.82, 2.24) is 20.4 Å². The molecule has 25 heavy (non-hydrogen) atoms. The lowest BCUT2D eigenvalue weighted by Gasteiger charge is -2.28. The van der Waals surface area contributed by atoms with Gasteiger partial charge >= 0.3 is 6.03 Å². The van der Waals surface area contributed by atoms with Crippen LogP contribution in [0.3, 0.4) is 0 Å². The van der Waals surface area contributed by atoms with Crippen molar-refractivity contribution < 1.29 is 14.4 Å². The van der Waals surface area contributed by atoms with E-state index in [9.17, 15) is 14.4 Å². The van der Waals surface area contributed by atoms with Gasteiger partial charge in [0.25, 0.3) is 5.91 Å². The minimum absolute atomic E-state index is 0.0567. The molecule has 7 nitrogen and oxygen atoms in total. The predicted molar refractivity (Wildman–Crippen MR) is 90.9 cm³/mol. The molecule has 2 N–H and O–H groups in total. The van der Waals surface area contributed by atoms with Gasteiger partial charge < -0.3 is 15.5 Å². The van der Waals surface area contributed by atoms with Crippen LogP contribution in [-0.4, -0.2) is 59.4 Å². The number of benzene rings is 1. The Hall–Kier alpha value is -2.41. The molecular formula is C18H22N4O3. The normalized spacial score (nSPS) is 25.9. The van der Waals surface area contributed by atoms with Crippen molar-refractivity contribution in [2.24, 2.45) is 0 Å². The second kappa shape index (κ2) is 6.48. The molecule has 3 aliphatic heterocycles. The lowest BCUT2D eigenvalue weighted by molar-refractivity contribution is -0.125. The van der Waals surface area contributed by atoms with E-state index in [4.69, 9.17) is 0 Å². The minimum atomic E-state index is -0.362. The number of urea groups is 1. The van der Waals surface area contributed by atoms with Crippen LogP contribution < -0.4 is 10.6 Å². The van der Waals surface area contributed by atoms with Crippen molar-refractivity contribution in [3.63, 3.8) is 0 Å². The molecule has 3 saturated heterocycles. The monoisotopic (exact) mass is 342 g/mol. The number of nitrogens with one attached hydrogen (secondary N) is 2. The molecule has 3 fully saturated rings. The Morgan fingerprint density at radius 3 is 2.56 bits per heavy atom. The van der Waals surface area contributed by atoms with Gasteiger partial charge in [-0.1, -0.05) is 12.1 Å². The highest BCUT2D eigenvalue weighted by Gasteiger charge is 2.38. The van der Waals surface area contributed by atoms with E-state index in [0.717, 1.165) is 37.9 Å². The maximum Gasteiger partial charge on any atom is 0.324 e. The Morgan fingerprint density at radius 1 is 1.08 bits per heavy atom.